The molecule has 0 atom stereocenters. The molecule has 32 heavy (non-hydrogen) atoms. The van der Waals surface area contributed by atoms with Gasteiger partial charge in [0.2, 0.25) is 5.78 Å². The minimum Gasteiger partial charge on any atom is -0.276 e. The van der Waals surface area contributed by atoms with E-state index in [1.807, 2.05) is 67.6 Å². The number of hydrogen-bond donors (Lipinski definition) is 0. The number of aromatic nitrogens is 8. The van der Waals surface area contributed by atoms with Crippen molar-refractivity contribution in [2.45, 2.75) is 44.6 Å². The third-order valence-corrected chi connectivity index (χ3v) is 6.37. The van der Waals surface area contributed by atoms with Crippen LogP contribution in [0.3, 0.4) is 0 Å². The van der Waals surface area contributed by atoms with Crippen molar-refractivity contribution in [1.29, 1.82) is 0 Å². The summed E-state index contributed by atoms with van der Waals surface area (Å²) in [6, 6.07) is 13.7. The Bertz CT molecular complexity index is 1480. The first kappa shape index (κ1) is 20.4. The van der Waals surface area contributed by atoms with E-state index in [1.165, 1.54) is 11.8 Å². The summed E-state index contributed by atoms with van der Waals surface area (Å²) in [5, 5.41) is 22.5. The molecule has 162 valence electrons. The third kappa shape index (κ3) is 3.27. The van der Waals surface area contributed by atoms with Crippen LogP contribution in [-0.2, 0) is 12.3 Å². The highest BCUT2D eigenvalue weighted by Crippen LogP contribution is 2.26. The van der Waals surface area contributed by atoms with Crippen molar-refractivity contribution in [1.82, 2.24) is 39.4 Å². The fraction of sp³-hybridized carbons (Fsp3) is 0.273. The number of rotatable bonds is 6. The number of thioether (sulfide) groups is 1. The second-order valence-corrected chi connectivity index (χ2v) is 8.57. The van der Waals surface area contributed by atoms with Crippen LogP contribution in [0, 0.1) is 13.8 Å². The summed E-state index contributed by atoms with van der Waals surface area (Å²) < 4.78 is 5.43. The molecule has 0 aliphatic heterocycles. The van der Waals surface area contributed by atoms with Crippen molar-refractivity contribution >= 4 is 28.4 Å². The van der Waals surface area contributed by atoms with Gasteiger partial charge in [0, 0.05) is 6.54 Å². The molecule has 0 aliphatic rings. The second kappa shape index (κ2) is 8.19. The smallest absolute Gasteiger partial charge is 0.262 e. The maximum Gasteiger partial charge on any atom is 0.262 e. The van der Waals surface area contributed by atoms with Crippen molar-refractivity contribution in [2.24, 2.45) is 0 Å². The van der Waals surface area contributed by atoms with Crippen molar-refractivity contribution < 1.29 is 0 Å². The van der Waals surface area contributed by atoms with Gasteiger partial charge < -0.3 is 0 Å². The largest absolute Gasteiger partial charge is 0.276 e. The Labute approximate surface area is 188 Å². The molecule has 0 N–H and O–H groups in total. The molecule has 3 heterocycles. The number of hydrogen-bond acceptors (Lipinski definition) is 7. The summed E-state index contributed by atoms with van der Waals surface area (Å²) in [7, 11) is 0. The lowest BCUT2D eigenvalue weighted by Gasteiger charge is -2.11. The van der Waals surface area contributed by atoms with Crippen LogP contribution in [0.5, 0.6) is 0 Å². The highest BCUT2D eigenvalue weighted by molar-refractivity contribution is 7.98. The molecule has 0 radical (unpaired) electrons. The van der Waals surface area contributed by atoms with Gasteiger partial charge in [-0.25, -0.2) is 0 Å². The molecule has 0 bridgehead atoms. The van der Waals surface area contributed by atoms with E-state index in [4.69, 9.17) is 0 Å². The second-order valence-electron chi connectivity index (χ2n) is 7.63. The Morgan fingerprint density at radius 1 is 0.969 bits per heavy atom. The standard InChI is InChI=1S/C22H22N8OS/c1-4-12-28-20(31)16-10-5-6-11-17(16)29-21(28)24-25-22(29)32-13-18-23-26-27-30(18)19-14(2)8-7-9-15(19)3/h5-11H,4,12-13H2,1-3H3. The third-order valence-electron chi connectivity index (χ3n) is 5.44. The van der Waals surface area contributed by atoms with E-state index in [9.17, 15) is 4.79 Å². The maximum absolute atomic E-state index is 13.0. The number of nitrogens with zero attached hydrogens (tertiary/aromatic N) is 8. The highest BCUT2D eigenvalue weighted by atomic mass is 32.2. The molecule has 0 saturated heterocycles. The van der Waals surface area contributed by atoms with Gasteiger partial charge in [0.05, 0.1) is 22.3 Å². The summed E-state index contributed by atoms with van der Waals surface area (Å²) in [5.41, 5.74) is 3.94. The summed E-state index contributed by atoms with van der Waals surface area (Å²) in [4.78, 5) is 13.0. The van der Waals surface area contributed by atoms with Crippen molar-refractivity contribution in [3.8, 4) is 5.69 Å². The van der Waals surface area contributed by atoms with E-state index in [0.717, 1.165) is 34.6 Å². The summed E-state index contributed by atoms with van der Waals surface area (Å²) in [6.07, 6.45) is 0.827. The molecule has 3 aromatic heterocycles. The van der Waals surface area contributed by atoms with Gasteiger partial charge in [-0.2, -0.15) is 4.68 Å². The van der Waals surface area contributed by atoms with Crippen LogP contribution in [0.1, 0.15) is 30.3 Å². The van der Waals surface area contributed by atoms with E-state index in [0.29, 0.717) is 28.6 Å². The molecule has 9 nitrogen and oxygen atoms in total. The van der Waals surface area contributed by atoms with Gasteiger partial charge in [-0.15, -0.1) is 15.3 Å². The lowest BCUT2D eigenvalue weighted by molar-refractivity contribution is 0.662. The number of para-hydroxylation sites is 2. The van der Waals surface area contributed by atoms with Gasteiger partial charge in [0.15, 0.2) is 11.0 Å². The van der Waals surface area contributed by atoms with Crippen LogP contribution >= 0.6 is 11.8 Å². The Morgan fingerprint density at radius 2 is 1.75 bits per heavy atom. The number of tetrazole rings is 1. The Balaban J connectivity index is 1.58. The van der Waals surface area contributed by atoms with E-state index in [1.54, 1.807) is 9.25 Å². The molecule has 0 amide bonds. The van der Waals surface area contributed by atoms with Crippen LogP contribution in [0.15, 0.2) is 52.4 Å². The summed E-state index contributed by atoms with van der Waals surface area (Å²) >= 11 is 1.49. The monoisotopic (exact) mass is 446 g/mol. The molecule has 0 saturated carbocycles. The van der Waals surface area contributed by atoms with E-state index in [-0.39, 0.29) is 5.56 Å². The van der Waals surface area contributed by atoms with Crippen molar-refractivity contribution in [3.05, 3.63) is 69.8 Å². The molecule has 10 heteroatoms. The fourth-order valence-corrected chi connectivity index (χ4v) is 4.84. The first-order valence-electron chi connectivity index (χ1n) is 10.4. The SMILES string of the molecule is CCCn1c(=O)c2ccccc2n2c(SCc3nnnn3-c3c(C)cccc3C)nnc12. The molecule has 2 aromatic carbocycles. The van der Waals surface area contributed by atoms with Gasteiger partial charge in [-0.1, -0.05) is 49.0 Å². The molecule has 0 fully saturated rings. The van der Waals surface area contributed by atoms with Gasteiger partial charge in [-0.3, -0.25) is 13.8 Å². The topological polar surface area (TPSA) is 95.8 Å². The fourth-order valence-electron chi connectivity index (χ4n) is 3.99. The van der Waals surface area contributed by atoms with E-state index in [2.05, 4.69) is 25.7 Å². The Kier molecular flexibility index (Phi) is 5.22. The minimum absolute atomic E-state index is 0.0436. The van der Waals surface area contributed by atoms with Crippen LogP contribution < -0.4 is 5.56 Å². The van der Waals surface area contributed by atoms with Crippen molar-refractivity contribution in [3.63, 3.8) is 0 Å². The van der Waals surface area contributed by atoms with Crippen molar-refractivity contribution in [2.75, 3.05) is 0 Å². The predicted octanol–water partition coefficient (Wildman–Crippen LogP) is 3.34. The number of fused-ring (bicyclic) bond motifs is 3. The molecular weight excluding hydrogens is 424 g/mol. The predicted molar refractivity (Wildman–Crippen MR) is 123 cm³/mol. The van der Waals surface area contributed by atoms with Gasteiger partial charge in [0.1, 0.15) is 0 Å². The number of aryl methyl sites for hydroxylation is 3. The molecule has 0 aliphatic carbocycles. The molecule has 5 rings (SSSR count). The van der Waals surface area contributed by atoms with Gasteiger partial charge in [-0.05, 0) is 54.0 Å². The summed E-state index contributed by atoms with van der Waals surface area (Å²) in [6.45, 7) is 6.72. The Hall–Kier alpha value is -3.53. The summed E-state index contributed by atoms with van der Waals surface area (Å²) in [5.74, 6) is 1.77. The number of benzene rings is 2. The zero-order chi connectivity index (χ0) is 22.2. The quantitative estimate of drug-likeness (QED) is 0.369. The molecule has 0 unspecified atom stereocenters. The lowest BCUT2D eigenvalue weighted by atomic mass is 10.1. The van der Waals surface area contributed by atoms with E-state index < -0.39 is 0 Å². The van der Waals surface area contributed by atoms with Crippen LogP contribution in [0.4, 0.5) is 0 Å². The molecule has 5 aromatic rings. The van der Waals surface area contributed by atoms with Gasteiger partial charge in [0.25, 0.3) is 5.56 Å². The van der Waals surface area contributed by atoms with E-state index >= 15 is 0 Å². The first-order chi connectivity index (χ1) is 15.6. The van der Waals surface area contributed by atoms with Crippen LogP contribution in [0.25, 0.3) is 22.4 Å². The average Bonchev–Trinajstić information content (AvgIpc) is 3.42. The lowest BCUT2D eigenvalue weighted by Crippen LogP contribution is -2.23. The van der Waals surface area contributed by atoms with Gasteiger partial charge >= 0.3 is 0 Å². The zero-order valence-electron chi connectivity index (χ0n) is 18.1. The molecular formula is C22H22N8OS. The minimum atomic E-state index is -0.0436. The molecule has 0 spiro atoms. The maximum atomic E-state index is 13.0. The zero-order valence-corrected chi connectivity index (χ0v) is 18.9. The normalized spacial score (nSPS) is 11.6. The first-order valence-corrected chi connectivity index (χ1v) is 11.4. The van der Waals surface area contributed by atoms with Crippen LogP contribution in [0.2, 0.25) is 0 Å². The average molecular weight is 447 g/mol. The Morgan fingerprint density at radius 3 is 2.53 bits per heavy atom. The highest BCUT2D eigenvalue weighted by Gasteiger charge is 2.18. The van der Waals surface area contributed by atoms with Crippen LogP contribution in [-0.4, -0.2) is 39.4 Å².